The first kappa shape index (κ1) is 17.7. The van der Waals surface area contributed by atoms with Gasteiger partial charge in [-0.2, -0.15) is 13.2 Å². The standard InChI is InChI=1S/C14H22F3N3O/c1-4-5-18-12-7-11(6-10(2)3)19-13(20-12)8-21-9-14(15,16)17/h7,10H,4-6,8-9H2,1-3H3,(H,18,19,20). The lowest BCUT2D eigenvalue weighted by Gasteiger charge is -2.12. The molecule has 1 N–H and O–H groups in total. The van der Waals surface area contributed by atoms with E-state index in [-0.39, 0.29) is 12.4 Å². The van der Waals surface area contributed by atoms with Crippen LogP contribution in [0.3, 0.4) is 0 Å². The molecule has 120 valence electrons. The number of hydrogen-bond donors (Lipinski definition) is 1. The van der Waals surface area contributed by atoms with Crippen LogP contribution in [0.5, 0.6) is 0 Å². The van der Waals surface area contributed by atoms with Crippen molar-refractivity contribution in [3.63, 3.8) is 0 Å². The van der Waals surface area contributed by atoms with Crippen LogP contribution in [0.25, 0.3) is 0 Å². The van der Waals surface area contributed by atoms with Gasteiger partial charge in [0.05, 0.1) is 0 Å². The maximum absolute atomic E-state index is 12.1. The number of nitrogens with one attached hydrogen (secondary N) is 1. The van der Waals surface area contributed by atoms with Crippen LogP contribution in [0.15, 0.2) is 6.07 Å². The van der Waals surface area contributed by atoms with Crippen LogP contribution in [-0.2, 0) is 17.8 Å². The highest BCUT2D eigenvalue weighted by molar-refractivity contribution is 5.36. The van der Waals surface area contributed by atoms with Gasteiger partial charge in [0, 0.05) is 18.3 Å². The quantitative estimate of drug-likeness (QED) is 0.797. The fourth-order valence-corrected chi connectivity index (χ4v) is 1.74. The molecule has 0 unspecified atom stereocenters. The highest BCUT2D eigenvalue weighted by Crippen LogP contribution is 2.16. The highest BCUT2D eigenvalue weighted by atomic mass is 19.4. The van der Waals surface area contributed by atoms with E-state index in [9.17, 15) is 13.2 Å². The van der Waals surface area contributed by atoms with E-state index in [4.69, 9.17) is 0 Å². The molecule has 0 aliphatic carbocycles. The monoisotopic (exact) mass is 305 g/mol. The second-order valence-corrected chi connectivity index (χ2v) is 5.29. The highest BCUT2D eigenvalue weighted by Gasteiger charge is 2.27. The average molecular weight is 305 g/mol. The van der Waals surface area contributed by atoms with Gasteiger partial charge in [0.2, 0.25) is 0 Å². The van der Waals surface area contributed by atoms with Crippen molar-refractivity contribution in [2.45, 2.75) is 46.4 Å². The first-order valence-corrected chi connectivity index (χ1v) is 7.05. The Morgan fingerprint density at radius 2 is 2.00 bits per heavy atom. The third-order valence-electron chi connectivity index (χ3n) is 2.50. The Kier molecular flexibility index (Phi) is 6.87. The van der Waals surface area contributed by atoms with Crippen LogP contribution in [0.4, 0.5) is 19.0 Å². The van der Waals surface area contributed by atoms with Gasteiger partial charge in [-0.15, -0.1) is 0 Å². The van der Waals surface area contributed by atoms with Crippen molar-refractivity contribution in [2.75, 3.05) is 18.5 Å². The molecule has 0 amide bonds. The number of hydrogen-bond acceptors (Lipinski definition) is 4. The first-order valence-electron chi connectivity index (χ1n) is 7.05. The van der Waals surface area contributed by atoms with Crippen molar-refractivity contribution < 1.29 is 17.9 Å². The molecule has 0 atom stereocenters. The van der Waals surface area contributed by atoms with Crippen LogP contribution in [-0.4, -0.2) is 29.3 Å². The minimum absolute atomic E-state index is 0.244. The van der Waals surface area contributed by atoms with Gasteiger partial charge in [0.1, 0.15) is 19.0 Å². The summed E-state index contributed by atoms with van der Waals surface area (Å²) in [5, 5.41) is 3.13. The number of rotatable bonds is 8. The number of alkyl halides is 3. The molecule has 7 heteroatoms. The molecule has 21 heavy (non-hydrogen) atoms. The summed E-state index contributed by atoms with van der Waals surface area (Å²) in [5.74, 6) is 1.31. The zero-order valence-electron chi connectivity index (χ0n) is 12.6. The van der Waals surface area contributed by atoms with Gasteiger partial charge in [-0.3, -0.25) is 0 Å². The summed E-state index contributed by atoms with van der Waals surface area (Å²) in [5.41, 5.74) is 0.809. The Hall–Kier alpha value is -1.37. The van der Waals surface area contributed by atoms with Gasteiger partial charge in [-0.05, 0) is 18.8 Å². The molecule has 0 spiro atoms. The van der Waals surface area contributed by atoms with Crippen LogP contribution in [0.2, 0.25) is 0 Å². The molecule has 0 saturated heterocycles. The smallest absolute Gasteiger partial charge is 0.370 e. The maximum atomic E-state index is 12.1. The molecule has 0 fully saturated rings. The minimum atomic E-state index is -4.33. The van der Waals surface area contributed by atoms with E-state index in [2.05, 4.69) is 33.9 Å². The largest absolute Gasteiger partial charge is 0.411 e. The molecule has 0 radical (unpaired) electrons. The predicted molar refractivity (Wildman–Crippen MR) is 75.1 cm³/mol. The number of halogens is 3. The fraction of sp³-hybridized carbons (Fsp3) is 0.714. The van der Waals surface area contributed by atoms with Crippen molar-refractivity contribution in [1.29, 1.82) is 0 Å². The molecule has 0 aliphatic rings. The van der Waals surface area contributed by atoms with Gasteiger partial charge in [0.25, 0.3) is 0 Å². The lowest BCUT2D eigenvalue weighted by atomic mass is 10.1. The van der Waals surface area contributed by atoms with E-state index in [1.54, 1.807) is 0 Å². The molecule has 0 aromatic carbocycles. The van der Waals surface area contributed by atoms with Crippen LogP contribution in [0, 0.1) is 5.92 Å². The molecule has 0 saturated carbocycles. The van der Waals surface area contributed by atoms with Gasteiger partial charge in [-0.1, -0.05) is 20.8 Å². The van der Waals surface area contributed by atoms with Gasteiger partial charge in [-0.25, -0.2) is 9.97 Å². The Bertz CT molecular complexity index is 436. The normalized spacial score (nSPS) is 12.0. The molecule has 4 nitrogen and oxygen atoms in total. The predicted octanol–water partition coefficient (Wildman–Crippen LogP) is 3.58. The molecule has 1 aromatic heterocycles. The Morgan fingerprint density at radius 1 is 1.29 bits per heavy atom. The third-order valence-corrected chi connectivity index (χ3v) is 2.50. The SMILES string of the molecule is CCCNc1cc(CC(C)C)nc(COCC(F)(F)F)n1. The van der Waals surface area contributed by atoms with Crippen molar-refractivity contribution >= 4 is 5.82 Å². The van der Waals surface area contributed by atoms with Crippen molar-refractivity contribution in [2.24, 2.45) is 5.92 Å². The summed E-state index contributed by atoms with van der Waals surface area (Å²) in [6.45, 7) is 5.36. The Morgan fingerprint density at radius 3 is 2.57 bits per heavy atom. The lowest BCUT2D eigenvalue weighted by Crippen LogP contribution is -2.18. The fourth-order valence-electron chi connectivity index (χ4n) is 1.74. The Labute approximate surface area is 123 Å². The second-order valence-electron chi connectivity index (χ2n) is 5.29. The van der Waals surface area contributed by atoms with Crippen molar-refractivity contribution in [1.82, 2.24) is 9.97 Å². The summed E-state index contributed by atoms with van der Waals surface area (Å²) in [7, 11) is 0. The Balaban J connectivity index is 2.75. The van der Waals surface area contributed by atoms with Crippen LogP contribution >= 0.6 is 0 Å². The van der Waals surface area contributed by atoms with E-state index in [1.807, 2.05) is 13.0 Å². The molecular weight excluding hydrogens is 283 g/mol. The summed E-state index contributed by atoms with van der Waals surface area (Å²) >= 11 is 0. The van der Waals surface area contributed by atoms with Gasteiger partial charge < -0.3 is 10.1 Å². The molecule has 1 rings (SSSR count). The number of nitrogens with zero attached hydrogens (tertiary/aromatic N) is 2. The second kappa shape index (κ2) is 8.17. The van der Waals surface area contributed by atoms with E-state index in [1.165, 1.54) is 0 Å². The summed E-state index contributed by atoms with van der Waals surface area (Å²) < 4.78 is 40.9. The zero-order valence-corrected chi connectivity index (χ0v) is 12.6. The maximum Gasteiger partial charge on any atom is 0.411 e. The van der Waals surface area contributed by atoms with Crippen molar-refractivity contribution in [3.05, 3.63) is 17.6 Å². The lowest BCUT2D eigenvalue weighted by molar-refractivity contribution is -0.177. The van der Waals surface area contributed by atoms with E-state index >= 15 is 0 Å². The van der Waals surface area contributed by atoms with Gasteiger partial charge in [0.15, 0.2) is 5.82 Å². The number of ether oxygens (including phenoxy) is 1. The molecular formula is C14H22F3N3O. The van der Waals surface area contributed by atoms with Crippen LogP contribution < -0.4 is 5.32 Å². The third kappa shape index (κ3) is 7.84. The average Bonchev–Trinajstić information content (AvgIpc) is 2.33. The molecule has 1 heterocycles. The summed E-state index contributed by atoms with van der Waals surface area (Å²) in [6.07, 6.45) is -2.65. The van der Waals surface area contributed by atoms with E-state index in [0.717, 1.165) is 25.1 Å². The number of anilines is 1. The summed E-state index contributed by atoms with van der Waals surface area (Å²) in [4.78, 5) is 8.44. The molecule has 1 aromatic rings. The first-order chi connectivity index (χ1) is 9.80. The molecule has 0 aliphatic heterocycles. The van der Waals surface area contributed by atoms with Gasteiger partial charge >= 0.3 is 6.18 Å². The van der Waals surface area contributed by atoms with Crippen molar-refractivity contribution in [3.8, 4) is 0 Å². The van der Waals surface area contributed by atoms with E-state index in [0.29, 0.717) is 11.7 Å². The minimum Gasteiger partial charge on any atom is -0.370 e. The molecule has 0 bridgehead atoms. The zero-order chi connectivity index (χ0) is 15.9. The number of aromatic nitrogens is 2. The van der Waals surface area contributed by atoms with E-state index < -0.39 is 12.8 Å². The summed E-state index contributed by atoms with van der Waals surface area (Å²) in [6, 6.07) is 1.84. The topological polar surface area (TPSA) is 47.0 Å². The van der Waals surface area contributed by atoms with Crippen LogP contribution in [0.1, 0.15) is 38.7 Å².